The van der Waals surface area contributed by atoms with Gasteiger partial charge in [-0.25, -0.2) is 0 Å². The van der Waals surface area contributed by atoms with Gasteiger partial charge in [-0.1, -0.05) is 18.2 Å². The number of benzene rings is 1. The minimum atomic E-state index is -4.40. The number of carbonyl (C=O) groups excluding carboxylic acids is 2. The molecule has 118 valence electrons. The second kappa shape index (κ2) is 5.30. The van der Waals surface area contributed by atoms with Crippen molar-refractivity contribution in [1.82, 2.24) is 10.6 Å². The third kappa shape index (κ3) is 2.93. The van der Waals surface area contributed by atoms with Crippen molar-refractivity contribution in [2.45, 2.75) is 43.4 Å². The van der Waals surface area contributed by atoms with Gasteiger partial charge in [0.15, 0.2) is 0 Å². The Morgan fingerprint density at radius 2 is 2.00 bits per heavy atom. The maximum atomic E-state index is 13.0. The number of halogens is 3. The van der Waals surface area contributed by atoms with Gasteiger partial charge in [-0.15, -0.1) is 0 Å². The average molecular weight is 312 g/mol. The Hall–Kier alpha value is -2.05. The molecule has 0 bridgehead atoms. The van der Waals surface area contributed by atoms with E-state index in [9.17, 15) is 22.8 Å². The summed E-state index contributed by atoms with van der Waals surface area (Å²) in [5.74, 6) is -0.809. The molecule has 1 aliphatic heterocycles. The molecule has 1 aliphatic carbocycles. The molecule has 3 rings (SSSR count). The number of nitrogens with one attached hydrogen (secondary N) is 2. The molecule has 2 fully saturated rings. The molecule has 1 saturated carbocycles. The van der Waals surface area contributed by atoms with Crippen molar-refractivity contribution in [2.75, 3.05) is 0 Å². The molecule has 2 amide bonds. The van der Waals surface area contributed by atoms with E-state index in [-0.39, 0.29) is 29.3 Å². The van der Waals surface area contributed by atoms with Gasteiger partial charge in [0.1, 0.15) is 6.04 Å². The number of hydrogen-bond acceptors (Lipinski definition) is 2. The quantitative estimate of drug-likeness (QED) is 0.896. The molecule has 3 atom stereocenters. The number of carbonyl (C=O) groups is 2. The Morgan fingerprint density at radius 1 is 1.27 bits per heavy atom. The van der Waals surface area contributed by atoms with Crippen LogP contribution in [-0.2, 0) is 15.8 Å². The second-order valence-electron chi connectivity index (χ2n) is 5.70. The van der Waals surface area contributed by atoms with Crippen molar-refractivity contribution in [2.24, 2.45) is 0 Å². The third-order valence-corrected chi connectivity index (χ3v) is 4.10. The molecule has 0 spiro atoms. The van der Waals surface area contributed by atoms with Gasteiger partial charge in [0.2, 0.25) is 11.8 Å². The van der Waals surface area contributed by atoms with E-state index in [1.54, 1.807) is 6.07 Å². The van der Waals surface area contributed by atoms with E-state index < -0.39 is 17.8 Å². The Morgan fingerprint density at radius 3 is 2.64 bits per heavy atom. The van der Waals surface area contributed by atoms with Crippen molar-refractivity contribution in [3.8, 4) is 0 Å². The van der Waals surface area contributed by atoms with E-state index in [2.05, 4.69) is 10.6 Å². The normalized spacial score (nSPS) is 27.4. The predicted octanol–water partition coefficient (Wildman–Crippen LogP) is 1.96. The summed E-state index contributed by atoms with van der Waals surface area (Å²) in [6.07, 6.45) is -3.17. The largest absolute Gasteiger partial charge is 0.416 e. The maximum absolute atomic E-state index is 13.0. The van der Waals surface area contributed by atoms with Crippen LogP contribution >= 0.6 is 0 Å². The molecule has 2 unspecified atom stereocenters. The van der Waals surface area contributed by atoms with Crippen molar-refractivity contribution in [1.29, 1.82) is 0 Å². The zero-order valence-electron chi connectivity index (χ0n) is 11.6. The second-order valence-corrected chi connectivity index (χ2v) is 5.70. The van der Waals surface area contributed by atoms with Gasteiger partial charge in [-0.2, -0.15) is 13.2 Å². The van der Waals surface area contributed by atoms with Crippen LogP contribution in [0.3, 0.4) is 0 Å². The Balaban J connectivity index is 1.65. The molecule has 2 aliphatic rings. The molecule has 1 aromatic carbocycles. The summed E-state index contributed by atoms with van der Waals surface area (Å²) >= 11 is 0. The van der Waals surface area contributed by atoms with Gasteiger partial charge in [-0.3, -0.25) is 9.59 Å². The van der Waals surface area contributed by atoms with Crippen LogP contribution in [0.25, 0.3) is 0 Å². The van der Waals surface area contributed by atoms with Gasteiger partial charge >= 0.3 is 6.18 Å². The molecule has 1 aromatic rings. The summed E-state index contributed by atoms with van der Waals surface area (Å²) in [6.45, 7) is 0. The average Bonchev–Trinajstić information content (AvgIpc) is 3.08. The first-order valence-corrected chi connectivity index (χ1v) is 7.12. The van der Waals surface area contributed by atoms with Gasteiger partial charge < -0.3 is 10.6 Å². The maximum Gasteiger partial charge on any atom is 0.416 e. The highest BCUT2D eigenvalue weighted by Crippen LogP contribution is 2.46. The third-order valence-electron chi connectivity index (χ3n) is 4.10. The van der Waals surface area contributed by atoms with Crippen molar-refractivity contribution in [3.63, 3.8) is 0 Å². The summed E-state index contributed by atoms with van der Waals surface area (Å²) in [6, 6.07) is 4.58. The summed E-state index contributed by atoms with van der Waals surface area (Å²) in [5, 5.41) is 5.27. The van der Waals surface area contributed by atoms with Crippen molar-refractivity contribution in [3.05, 3.63) is 35.4 Å². The van der Waals surface area contributed by atoms with Crippen LogP contribution in [0, 0.1) is 0 Å². The standard InChI is InChI=1S/C15H15F3N2O2/c16-15(17,18)10-4-2-1-3-8(10)9-7-12(9)20-14(22)11-5-6-13(21)19-11/h1-4,9,11-12H,5-7H2,(H,19,21)(H,20,22)/t9?,11-,12?/m1/s1. The van der Waals surface area contributed by atoms with E-state index in [1.165, 1.54) is 12.1 Å². The van der Waals surface area contributed by atoms with E-state index in [0.717, 1.165) is 6.07 Å². The fraction of sp³-hybridized carbons (Fsp3) is 0.467. The zero-order valence-corrected chi connectivity index (χ0v) is 11.6. The number of rotatable bonds is 3. The monoisotopic (exact) mass is 312 g/mol. The minimum absolute atomic E-state index is 0.171. The Bertz CT molecular complexity index is 615. The van der Waals surface area contributed by atoms with Crippen LogP contribution in [0.2, 0.25) is 0 Å². The van der Waals surface area contributed by atoms with Gasteiger partial charge in [-0.05, 0) is 24.5 Å². The lowest BCUT2D eigenvalue weighted by Gasteiger charge is -2.14. The van der Waals surface area contributed by atoms with E-state index in [1.807, 2.05) is 0 Å². The molecule has 1 heterocycles. The molecule has 7 heteroatoms. The summed E-state index contributed by atoms with van der Waals surface area (Å²) in [7, 11) is 0. The minimum Gasteiger partial charge on any atom is -0.351 e. The molecule has 22 heavy (non-hydrogen) atoms. The molecule has 0 aromatic heterocycles. The SMILES string of the molecule is O=C1CC[C@H](C(=O)NC2CC2c2ccccc2C(F)(F)F)N1. The smallest absolute Gasteiger partial charge is 0.351 e. The van der Waals surface area contributed by atoms with E-state index >= 15 is 0 Å². The lowest BCUT2D eigenvalue weighted by Crippen LogP contribution is -2.42. The summed E-state index contributed by atoms with van der Waals surface area (Å²) in [5.41, 5.74) is -0.429. The van der Waals surface area contributed by atoms with Gasteiger partial charge in [0.25, 0.3) is 0 Å². The van der Waals surface area contributed by atoms with Crippen molar-refractivity contribution < 1.29 is 22.8 Å². The fourth-order valence-corrected chi connectivity index (χ4v) is 2.87. The van der Waals surface area contributed by atoms with Crippen molar-refractivity contribution >= 4 is 11.8 Å². The zero-order chi connectivity index (χ0) is 15.9. The molecular weight excluding hydrogens is 297 g/mol. The highest BCUT2D eigenvalue weighted by molar-refractivity contribution is 5.91. The molecule has 4 nitrogen and oxygen atoms in total. The van der Waals surface area contributed by atoms with E-state index in [0.29, 0.717) is 19.3 Å². The van der Waals surface area contributed by atoms with Crippen LogP contribution in [0.1, 0.15) is 36.3 Å². The first kappa shape index (κ1) is 14.9. The Labute approximate surface area is 125 Å². The predicted molar refractivity (Wildman–Crippen MR) is 71.9 cm³/mol. The summed E-state index contributed by atoms with van der Waals surface area (Å²) in [4.78, 5) is 23.0. The lowest BCUT2D eigenvalue weighted by atomic mass is 10.0. The van der Waals surface area contributed by atoms with Crippen LogP contribution in [0.5, 0.6) is 0 Å². The first-order chi connectivity index (χ1) is 10.4. The lowest BCUT2D eigenvalue weighted by molar-refractivity contribution is -0.138. The van der Waals surface area contributed by atoms with Crippen LogP contribution in [0.4, 0.5) is 13.2 Å². The highest BCUT2D eigenvalue weighted by atomic mass is 19.4. The number of alkyl halides is 3. The molecular formula is C15H15F3N2O2. The van der Waals surface area contributed by atoms with Crippen LogP contribution in [0.15, 0.2) is 24.3 Å². The van der Waals surface area contributed by atoms with Gasteiger partial charge in [0.05, 0.1) is 5.56 Å². The first-order valence-electron chi connectivity index (χ1n) is 7.12. The molecule has 1 saturated heterocycles. The fourth-order valence-electron chi connectivity index (χ4n) is 2.87. The van der Waals surface area contributed by atoms with Crippen LogP contribution < -0.4 is 10.6 Å². The number of amides is 2. The van der Waals surface area contributed by atoms with E-state index in [4.69, 9.17) is 0 Å². The molecule has 2 N–H and O–H groups in total. The number of hydrogen-bond donors (Lipinski definition) is 2. The Kier molecular flexibility index (Phi) is 3.58. The van der Waals surface area contributed by atoms with Gasteiger partial charge in [0, 0.05) is 18.4 Å². The molecule has 0 radical (unpaired) electrons. The highest BCUT2D eigenvalue weighted by Gasteiger charge is 2.45. The van der Waals surface area contributed by atoms with Crippen LogP contribution in [-0.4, -0.2) is 23.9 Å². The summed E-state index contributed by atoms with van der Waals surface area (Å²) < 4.78 is 38.9. The topological polar surface area (TPSA) is 58.2 Å².